The number of nitrogens with one attached hydrogen (secondary N) is 1. The van der Waals surface area contributed by atoms with Gasteiger partial charge in [0.25, 0.3) is 5.91 Å². The van der Waals surface area contributed by atoms with Gasteiger partial charge in [0.05, 0.1) is 19.2 Å². The third-order valence-corrected chi connectivity index (χ3v) is 4.22. The molecule has 0 saturated heterocycles. The predicted molar refractivity (Wildman–Crippen MR) is 103 cm³/mol. The highest BCUT2D eigenvalue weighted by atomic mass is 35.5. The molecular weight excluding hydrogens is 389 g/mol. The Morgan fingerprint density at radius 1 is 1.11 bits per heavy atom. The number of hydrogen-bond donors (Lipinski definition) is 1. The van der Waals surface area contributed by atoms with Gasteiger partial charge in [-0.15, -0.1) is 0 Å². The summed E-state index contributed by atoms with van der Waals surface area (Å²) in [4.78, 5) is 24.1. The Morgan fingerprint density at radius 3 is 2.46 bits per heavy atom. The molecule has 28 heavy (non-hydrogen) atoms. The minimum Gasteiger partial charge on any atom is -0.493 e. The second kappa shape index (κ2) is 9.94. The van der Waals surface area contributed by atoms with Crippen molar-refractivity contribution in [2.75, 3.05) is 19.5 Å². The van der Waals surface area contributed by atoms with Gasteiger partial charge in [0.15, 0.2) is 17.6 Å². The quantitative estimate of drug-likeness (QED) is 0.667. The normalized spacial score (nSPS) is 11.5. The van der Waals surface area contributed by atoms with E-state index in [-0.39, 0.29) is 11.4 Å². The topological polar surface area (TPSA) is 73.9 Å². The molecule has 1 atom stereocenters. The molecule has 0 radical (unpaired) electrons. The third-order valence-electron chi connectivity index (χ3n) is 3.93. The Hall–Kier alpha value is -2.80. The Bertz CT molecular complexity index is 858. The van der Waals surface area contributed by atoms with E-state index >= 15 is 0 Å². The number of ether oxygens (including phenoxy) is 3. The van der Waals surface area contributed by atoms with Gasteiger partial charge in [0.2, 0.25) is 0 Å². The van der Waals surface area contributed by atoms with Crippen molar-refractivity contribution in [2.24, 2.45) is 0 Å². The molecule has 0 unspecified atom stereocenters. The first kappa shape index (κ1) is 21.5. The predicted octanol–water partition coefficient (Wildman–Crippen LogP) is 4.00. The zero-order valence-corrected chi connectivity index (χ0v) is 16.5. The lowest BCUT2D eigenvalue weighted by Gasteiger charge is -2.14. The van der Waals surface area contributed by atoms with Crippen LogP contribution in [0.25, 0.3) is 0 Å². The summed E-state index contributed by atoms with van der Waals surface area (Å²) in [6.45, 7) is 1.45. The molecule has 0 saturated carbocycles. The van der Waals surface area contributed by atoms with Crippen LogP contribution in [-0.4, -0.2) is 32.2 Å². The molecule has 1 N–H and O–H groups in total. The Morgan fingerprint density at radius 2 is 1.82 bits per heavy atom. The SMILES string of the molecule is COc1ccc(CCC(=O)O[C@H](C)C(=O)Nc2ccc(F)c(Cl)c2)cc1OC. The van der Waals surface area contributed by atoms with Crippen molar-refractivity contribution in [1.29, 1.82) is 0 Å². The second-order valence-electron chi connectivity index (χ2n) is 5.94. The van der Waals surface area contributed by atoms with E-state index in [0.717, 1.165) is 11.6 Å². The van der Waals surface area contributed by atoms with Gasteiger partial charge in [0, 0.05) is 12.1 Å². The summed E-state index contributed by atoms with van der Waals surface area (Å²) in [7, 11) is 3.08. The van der Waals surface area contributed by atoms with Gasteiger partial charge in [-0.05, 0) is 49.2 Å². The van der Waals surface area contributed by atoms with Crippen molar-refractivity contribution in [3.8, 4) is 11.5 Å². The number of carbonyl (C=O) groups is 2. The van der Waals surface area contributed by atoms with Crippen molar-refractivity contribution in [2.45, 2.75) is 25.9 Å². The summed E-state index contributed by atoms with van der Waals surface area (Å²) in [5.74, 6) is -0.481. The molecule has 0 aliphatic carbocycles. The number of anilines is 1. The van der Waals surface area contributed by atoms with Crippen LogP contribution in [0.4, 0.5) is 10.1 Å². The smallest absolute Gasteiger partial charge is 0.306 e. The molecule has 0 fully saturated rings. The van der Waals surface area contributed by atoms with E-state index in [1.165, 1.54) is 26.2 Å². The standard InChI is InChI=1S/C20H21ClFNO5/c1-12(20(25)23-14-6-7-16(22)15(21)11-14)28-19(24)9-5-13-4-8-17(26-2)18(10-13)27-3/h4,6-8,10-12H,5,9H2,1-3H3,(H,23,25)/t12-/m1/s1. The van der Waals surface area contributed by atoms with Crippen LogP contribution in [-0.2, 0) is 20.7 Å². The van der Waals surface area contributed by atoms with E-state index in [1.807, 2.05) is 6.07 Å². The van der Waals surface area contributed by atoms with Crippen molar-refractivity contribution in [1.82, 2.24) is 0 Å². The summed E-state index contributed by atoms with van der Waals surface area (Å²) < 4.78 is 28.7. The molecule has 0 heterocycles. The minimum atomic E-state index is -1.01. The van der Waals surface area contributed by atoms with Crippen LogP contribution in [0, 0.1) is 5.82 Å². The summed E-state index contributed by atoms with van der Waals surface area (Å²) in [5, 5.41) is 2.41. The zero-order valence-electron chi connectivity index (χ0n) is 15.8. The number of rotatable bonds is 8. The Balaban J connectivity index is 1.86. The molecule has 0 spiro atoms. The first-order valence-electron chi connectivity index (χ1n) is 8.50. The second-order valence-corrected chi connectivity index (χ2v) is 6.35. The molecule has 8 heteroatoms. The molecule has 2 rings (SSSR count). The van der Waals surface area contributed by atoms with E-state index in [4.69, 9.17) is 25.8 Å². The van der Waals surface area contributed by atoms with E-state index in [0.29, 0.717) is 23.6 Å². The summed E-state index contributed by atoms with van der Waals surface area (Å²) in [6, 6.07) is 9.13. The fraction of sp³-hybridized carbons (Fsp3) is 0.300. The fourth-order valence-electron chi connectivity index (χ4n) is 2.41. The molecule has 150 valence electrons. The lowest BCUT2D eigenvalue weighted by atomic mass is 10.1. The fourth-order valence-corrected chi connectivity index (χ4v) is 2.59. The molecule has 0 bridgehead atoms. The molecular formula is C20H21ClFNO5. The van der Waals surface area contributed by atoms with Crippen LogP contribution in [0.15, 0.2) is 36.4 Å². The van der Waals surface area contributed by atoms with Gasteiger partial charge in [-0.1, -0.05) is 17.7 Å². The highest BCUT2D eigenvalue weighted by Gasteiger charge is 2.18. The number of methoxy groups -OCH3 is 2. The van der Waals surface area contributed by atoms with Crippen molar-refractivity contribution in [3.05, 3.63) is 52.8 Å². The Labute approximate surface area is 167 Å². The lowest BCUT2D eigenvalue weighted by Crippen LogP contribution is -2.30. The lowest BCUT2D eigenvalue weighted by molar-refractivity contribution is -0.153. The third kappa shape index (κ3) is 5.85. The number of esters is 1. The van der Waals surface area contributed by atoms with Gasteiger partial charge < -0.3 is 19.5 Å². The Kier molecular flexibility index (Phi) is 7.63. The average molecular weight is 410 g/mol. The maximum atomic E-state index is 13.2. The number of halogens is 2. The van der Waals surface area contributed by atoms with Crippen molar-refractivity contribution < 1.29 is 28.2 Å². The minimum absolute atomic E-state index is 0.0927. The maximum Gasteiger partial charge on any atom is 0.306 e. The molecule has 2 aromatic rings. The van der Waals surface area contributed by atoms with Crippen LogP contribution in [0.1, 0.15) is 18.9 Å². The first-order chi connectivity index (χ1) is 13.3. The van der Waals surface area contributed by atoms with E-state index in [9.17, 15) is 14.0 Å². The number of hydrogen-bond acceptors (Lipinski definition) is 5. The first-order valence-corrected chi connectivity index (χ1v) is 8.88. The van der Waals surface area contributed by atoms with Gasteiger partial charge in [-0.25, -0.2) is 4.39 Å². The van der Waals surface area contributed by atoms with E-state index in [2.05, 4.69) is 5.32 Å². The van der Waals surface area contributed by atoms with Crippen molar-refractivity contribution in [3.63, 3.8) is 0 Å². The van der Waals surface area contributed by atoms with Gasteiger partial charge in [-0.3, -0.25) is 9.59 Å². The maximum absolute atomic E-state index is 13.2. The van der Waals surface area contributed by atoms with Gasteiger partial charge in [0.1, 0.15) is 5.82 Å². The molecule has 2 aromatic carbocycles. The van der Waals surface area contributed by atoms with E-state index in [1.54, 1.807) is 19.2 Å². The van der Waals surface area contributed by atoms with Crippen molar-refractivity contribution >= 4 is 29.2 Å². The highest BCUT2D eigenvalue weighted by molar-refractivity contribution is 6.31. The van der Waals surface area contributed by atoms with Crippen LogP contribution in [0.2, 0.25) is 5.02 Å². The van der Waals surface area contributed by atoms with Crippen LogP contribution in [0.3, 0.4) is 0 Å². The number of benzene rings is 2. The average Bonchev–Trinajstić information content (AvgIpc) is 2.68. The van der Waals surface area contributed by atoms with E-state index < -0.39 is 23.8 Å². The molecule has 0 aliphatic heterocycles. The van der Waals surface area contributed by atoms with Crippen LogP contribution >= 0.6 is 11.6 Å². The summed E-state index contributed by atoms with van der Waals surface area (Å²) in [6.07, 6.45) is -0.502. The number of carbonyl (C=O) groups excluding carboxylic acids is 2. The molecule has 0 aliphatic rings. The summed E-state index contributed by atoms with van der Waals surface area (Å²) in [5.41, 5.74) is 1.18. The number of aryl methyl sites for hydroxylation is 1. The molecule has 6 nitrogen and oxygen atoms in total. The van der Waals surface area contributed by atoms with Gasteiger partial charge >= 0.3 is 5.97 Å². The van der Waals surface area contributed by atoms with Crippen LogP contribution < -0.4 is 14.8 Å². The van der Waals surface area contributed by atoms with Crippen LogP contribution in [0.5, 0.6) is 11.5 Å². The monoisotopic (exact) mass is 409 g/mol. The molecule has 0 aromatic heterocycles. The largest absolute Gasteiger partial charge is 0.493 e. The highest BCUT2D eigenvalue weighted by Crippen LogP contribution is 2.28. The summed E-state index contributed by atoms with van der Waals surface area (Å²) >= 11 is 5.67. The number of amides is 1. The van der Waals surface area contributed by atoms with Gasteiger partial charge in [-0.2, -0.15) is 0 Å². The molecule has 1 amide bonds. The zero-order chi connectivity index (χ0) is 20.7.